The average molecular weight is 541 g/mol. The monoisotopic (exact) mass is 540 g/mol. The normalized spacial score (nSPS) is 13.8. The average Bonchev–Trinajstić information content (AvgIpc) is 3.26. The molecule has 12 heteroatoms. The number of carbonyl (C=O) groups is 4. The molecule has 5 amide bonds. The number of fused-ring (bicyclic) bond motifs is 1. The number of furan rings is 1. The maximum absolute atomic E-state index is 13.3. The van der Waals surface area contributed by atoms with Gasteiger partial charge in [-0.2, -0.15) is 0 Å². The van der Waals surface area contributed by atoms with Crippen molar-refractivity contribution in [2.24, 2.45) is 5.92 Å². The molecule has 1 aliphatic heterocycles. The summed E-state index contributed by atoms with van der Waals surface area (Å²) in [4.78, 5) is 60.1. The number of pyridine rings is 1. The number of aromatic nitrogens is 1. The minimum absolute atomic E-state index is 0.0995. The third kappa shape index (κ3) is 5.72. The molecule has 2 N–H and O–H groups in total. The molecule has 0 atom stereocenters. The highest BCUT2D eigenvalue weighted by atomic mass is 35.5. The van der Waals surface area contributed by atoms with Crippen molar-refractivity contribution in [3.05, 3.63) is 52.9 Å². The number of hydrogen-bond acceptors (Lipinski definition) is 6. The summed E-state index contributed by atoms with van der Waals surface area (Å²) < 4.78 is 5.85. The van der Waals surface area contributed by atoms with E-state index in [-0.39, 0.29) is 41.0 Å². The first-order valence-corrected chi connectivity index (χ1v) is 12.4. The summed E-state index contributed by atoms with van der Waals surface area (Å²) in [6, 6.07) is 7.80. The fraction of sp³-hybridized carbons (Fsp3) is 0.346. The molecule has 1 aromatic carbocycles. The van der Waals surface area contributed by atoms with Gasteiger partial charge in [-0.25, -0.2) is 9.78 Å². The Morgan fingerprint density at radius 1 is 1.00 bits per heavy atom. The van der Waals surface area contributed by atoms with Crippen LogP contribution in [-0.2, 0) is 4.79 Å². The lowest BCUT2D eigenvalue weighted by atomic mass is 9.96. The van der Waals surface area contributed by atoms with E-state index in [0.29, 0.717) is 47.5 Å². The molecule has 3 aromatic rings. The fourth-order valence-corrected chi connectivity index (χ4v) is 4.35. The molecule has 4 rings (SSSR count). The Labute approximate surface area is 224 Å². The number of likely N-dealkylation sites (tertiary alicyclic amines) is 1. The van der Waals surface area contributed by atoms with Gasteiger partial charge in [0, 0.05) is 64.3 Å². The minimum atomic E-state index is -0.627. The lowest BCUT2D eigenvalue weighted by Gasteiger charge is -2.33. The van der Waals surface area contributed by atoms with Crippen LogP contribution in [0.15, 0.2) is 40.9 Å². The molecule has 1 saturated heterocycles. The molecular weight excluding hydrogens is 512 g/mol. The van der Waals surface area contributed by atoms with Crippen molar-refractivity contribution >= 4 is 57.8 Å². The molecule has 11 nitrogen and oxygen atoms in total. The van der Waals surface area contributed by atoms with Crippen LogP contribution in [0.5, 0.6) is 0 Å². The van der Waals surface area contributed by atoms with E-state index in [9.17, 15) is 19.2 Å². The predicted octanol–water partition coefficient (Wildman–Crippen LogP) is 3.77. The maximum atomic E-state index is 13.3. The zero-order valence-corrected chi connectivity index (χ0v) is 22.3. The van der Waals surface area contributed by atoms with Crippen LogP contribution in [0, 0.1) is 5.92 Å². The van der Waals surface area contributed by atoms with E-state index in [2.05, 4.69) is 15.6 Å². The van der Waals surface area contributed by atoms with Gasteiger partial charge in [0.15, 0.2) is 0 Å². The van der Waals surface area contributed by atoms with Crippen LogP contribution < -0.4 is 10.6 Å². The highest BCUT2D eigenvalue weighted by Gasteiger charge is 2.30. The molecule has 1 fully saturated rings. The summed E-state index contributed by atoms with van der Waals surface area (Å²) in [5, 5.41) is 6.34. The van der Waals surface area contributed by atoms with Gasteiger partial charge in [-0.05, 0) is 43.2 Å². The summed E-state index contributed by atoms with van der Waals surface area (Å²) in [7, 11) is 6.64. The Bertz CT molecular complexity index is 1380. The second kappa shape index (κ2) is 11.1. The smallest absolute Gasteiger partial charge is 0.319 e. The maximum Gasteiger partial charge on any atom is 0.319 e. The van der Waals surface area contributed by atoms with E-state index in [1.165, 1.54) is 22.1 Å². The first-order chi connectivity index (χ1) is 18.0. The summed E-state index contributed by atoms with van der Waals surface area (Å²) >= 11 is 5.88. The van der Waals surface area contributed by atoms with Gasteiger partial charge in [-0.3, -0.25) is 14.4 Å². The largest absolute Gasteiger partial charge is 0.449 e. The highest BCUT2D eigenvalue weighted by molar-refractivity contribution is 6.30. The van der Waals surface area contributed by atoms with Crippen molar-refractivity contribution in [1.82, 2.24) is 19.7 Å². The number of halogens is 1. The zero-order valence-electron chi connectivity index (χ0n) is 21.6. The Balaban J connectivity index is 1.63. The van der Waals surface area contributed by atoms with Crippen LogP contribution >= 0.6 is 11.6 Å². The van der Waals surface area contributed by atoms with Gasteiger partial charge in [0.25, 0.3) is 11.8 Å². The number of carbonyl (C=O) groups excluding carboxylic acids is 4. The van der Waals surface area contributed by atoms with Crippen LogP contribution in [0.2, 0.25) is 5.02 Å². The Kier molecular flexibility index (Phi) is 7.86. The summed E-state index contributed by atoms with van der Waals surface area (Å²) in [5.41, 5.74) is 0.869. The second-order valence-electron chi connectivity index (χ2n) is 9.46. The van der Waals surface area contributed by atoms with Crippen molar-refractivity contribution in [3.8, 4) is 0 Å². The van der Waals surface area contributed by atoms with Gasteiger partial charge >= 0.3 is 6.03 Å². The Hall–Kier alpha value is -4.12. The highest BCUT2D eigenvalue weighted by Crippen LogP contribution is 2.34. The predicted molar refractivity (Wildman–Crippen MR) is 143 cm³/mol. The lowest BCUT2D eigenvalue weighted by molar-refractivity contribution is -0.121. The summed E-state index contributed by atoms with van der Waals surface area (Å²) in [6.45, 7) is 0.886. The molecule has 0 unspecified atom stereocenters. The Morgan fingerprint density at radius 3 is 2.32 bits per heavy atom. The number of hydrogen-bond donors (Lipinski definition) is 2. The van der Waals surface area contributed by atoms with Gasteiger partial charge in [0.05, 0.1) is 5.02 Å². The quantitative estimate of drug-likeness (QED) is 0.507. The van der Waals surface area contributed by atoms with Crippen LogP contribution in [0.25, 0.3) is 11.0 Å². The van der Waals surface area contributed by atoms with Crippen molar-refractivity contribution in [2.75, 3.05) is 51.9 Å². The first kappa shape index (κ1) is 26.9. The van der Waals surface area contributed by atoms with E-state index in [1.54, 1.807) is 57.4 Å². The van der Waals surface area contributed by atoms with Crippen molar-refractivity contribution in [3.63, 3.8) is 0 Å². The van der Waals surface area contributed by atoms with Crippen molar-refractivity contribution in [1.29, 1.82) is 0 Å². The van der Waals surface area contributed by atoms with E-state index in [0.717, 1.165) is 0 Å². The number of anilines is 2. The SMILES string of the molecule is CN(C)C(=O)c1ccc2oc(C(=O)Nc3ccc(Cl)cn3)c(NC(=O)C3CCN(C(=O)N(C)C)CC3)c2c1. The topological polar surface area (TPSA) is 128 Å². The minimum Gasteiger partial charge on any atom is -0.449 e. The second-order valence-corrected chi connectivity index (χ2v) is 9.90. The molecule has 38 heavy (non-hydrogen) atoms. The van der Waals surface area contributed by atoms with Gasteiger partial charge in [0.1, 0.15) is 17.1 Å². The third-order valence-corrected chi connectivity index (χ3v) is 6.51. The van der Waals surface area contributed by atoms with E-state index in [1.807, 2.05) is 0 Å². The molecule has 0 saturated carbocycles. The van der Waals surface area contributed by atoms with Crippen molar-refractivity contribution < 1.29 is 23.6 Å². The number of rotatable bonds is 5. The molecule has 0 radical (unpaired) electrons. The first-order valence-electron chi connectivity index (χ1n) is 12.0. The number of urea groups is 1. The van der Waals surface area contributed by atoms with Gasteiger partial charge in [0.2, 0.25) is 11.7 Å². The molecule has 1 aliphatic rings. The van der Waals surface area contributed by atoms with E-state index in [4.69, 9.17) is 16.0 Å². The van der Waals surface area contributed by atoms with Crippen LogP contribution in [0.3, 0.4) is 0 Å². The van der Waals surface area contributed by atoms with E-state index >= 15 is 0 Å². The molecule has 0 aliphatic carbocycles. The summed E-state index contributed by atoms with van der Waals surface area (Å²) in [5.74, 6) is -1.41. The van der Waals surface area contributed by atoms with Crippen LogP contribution in [0.4, 0.5) is 16.3 Å². The van der Waals surface area contributed by atoms with Gasteiger partial charge in [-0.1, -0.05) is 11.6 Å². The van der Waals surface area contributed by atoms with Gasteiger partial charge < -0.3 is 29.8 Å². The number of nitrogens with zero attached hydrogens (tertiary/aromatic N) is 4. The van der Waals surface area contributed by atoms with E-state index < -0.39 is 5.91 Å². The number of piperidine rings is 1. The lowest BCUT2D eigenvalue weighted by Crippen LogP contribution is -2.45. The molecule has 2 aromatic heterocycles. The van der Waals surface area contributed by atoms with Crippen LogP contribution in [0.1, 0.15) is 33.8 Å². The molecule has 0 bridgehead atoms. The Morgan fingerprint density at radius 2 is 1.71 bits per heavy atom. The summed E-state index contributed by atoms with van der Waals surface area (Å²) in [6.07, 6.45) is 2.34. The fourth-order valence-electron chi connectivity index (χ4n) is 4.24. The van der Waals surface area contributed by atoms with Crippen molar-refractivity contribution in [2.45, 2.75) is 12.8 Å². The molecule has 3 heterocycles. The number of amides is 5. The van der Waals surface area contributed by atoms with Gasteiger partial charge in [-0.15, -0.1) is 0 Å². The molecule has 0 spiro atoms. The zero-order chi connectivity index (χ0) is 27.6. The standard InChI is InChI=1S/C26H29ClN6O5/c1-31(2)25(36)16-5-7-19-18(13-16)21(22(38-19)24(35)29-20-8-6-17(27)14-28-20)30-23(34)15-9-11-33(12-10-15)26(37)32(3)4/h5-8,13-15H,9-12H2,1-4H3,(H,30,34)(H,28,29,35). The van der Waals surface area contributed by atoms with Crippen LogP contribution in [-0.4, -0.2) is 84.7 Å². The molecular formula is C26H29ClN6O5. The number of benzene rings is 1. The molecule has 200 valence electrons. The number of nitrogens with one attached hydrogen (secondary N) is 2. The third-order valence-electron chi connectivity index (χ3n) is 6.28.